The van der Waals surface area contributed by atoms with Gasteiger partial charge < -0.3 is 0 Å². The lowest BCUT2D eigenvalue weighted by atomic mass is 9.96. The van der Waals surface area contributed by atoms with Gasteiger partial charge in [-0.25, -0.2) is 16.8 Å². The third-order valence-electron chi connectivity index (χ3n) is 5.54. The predicted molar refractivity (Wildman–Crippen MR) is 117 cm³/mol. The summed E-state index contributed by atoms with van der Waals surface area (Å²) < 4.78 is 55.1. The maximum absolute atomic E-state index is 12.9. The zero-order valence-electron chi connectivity index (χ0n) is 17.3. The van der Waals surface area contributed by atoms with Gasteiger partial charge in [-0.05, 0) is 49.6 Å². The molecule has 0 spiro atoms. The van der Waals surface area contributed by atoms with E-state index in [0.717, 1.165) is 38.2 Å². The molecule has 11 heteroatoms. The van der Waals surface area contributed by atoms with Crippen molar-refractivity contribution in [2.75, 3.05) is 11.8 Å². The van der Waals surface area contributed by atoms with Gasteiger partial charge in [-0.3, -0.25) is 14.8 Å². The number of anilines is 1. The first-order valence-corrected chi connectivity index (χ1v) is 12.8. The molecule has 0 radical (unpaired) electrons. The van der Waals surface area contributed by atoms with Gasteiger partial charge in [0, 0.05) is 30.9 Å². The Morgan fingerprint density at radius 2 is 1.61 bits per heavy atom. The van der Waals surface area contributed by atoms with Gasteiger partial charge in [-0.15, -0.1) is 0 Å². The van der Waals surface area contributed by atoms with Gasteiger partial charge in [0.05, 0.1) is 14.7 Å². The van der Waals surface area contributed by atoms with Gasteiger partial charge in [0.15, 0.2) is 0 Å². The minimum absolute atomic E-state index is 0.0335. The minimum atomic E-state index is -4.10. The average Bonchev–Trinajstić information content (AvgIpc) is 2.74. The second-order valence-electron chi connectivity index (χ2n) is 7.65. The number of rotatable bonds is 7. The van der Waals surface area contributed by atoms with E-state index in [9.17, 15) is 26.9 Å². The van der Waals surface area contributed by atoms with E-state index >= 15 is 0 Å². The third kappa shape index (κ3) is 5.05. The predicted octanol–water partition coefficient (Wildman–Crippen LogP) is 3.66. The summed E-state index contributed by atoms with van der Waals surface area (Å²) in [6.45, 7) is 1.54. The van der Waals surface area contributed by atoms with Gasteiger partial charge >= 0.3 is 0 Å². The number of non-ortho nitro benzene ring substituents is 1. The summed E-state index contributed by atoms with van der Waals surface area (Å²) >= 11 is 0. The van der Waals surface area contributed by atoms with Gasteiger partial charge in [0.1, 0.15) is 0 Å². The Labute approximate surface area is 182 Å². The highest BCUT2D eigenvalue weighted by Crippen LogP contribution is 2.28. The lowest BCUT2D eigenvalue weighted by Gasteiger charge is -2.30. The van der Waals surface area contributed by atoms with Crippen molar-refractivity contribution in [3.8, 4) is 0 Å². The van der Waals surface area contributed by atoms with Gasteiger partial charge in [0.2, 0.25) is 10.0 Å². The largest absolute Gasteiger partial charge is 0.280 e. The van der Waals surface area contributed by atoms with Crippen LogP contribution in [0.4, 0.5) is 11.4 Å². The van der Waals surface area contributed by atoms with Crippen LogP contribution in [0.15, 0.2) is 52.3 Å². The lowest BCUT2D eigenvalue weighted by Crippen LogP contribution is -2.38. The number of nitro benzene ring substituents is 1. The molecule has 1 saturated carbocycles. The number of nitrogens with zero attached hydrogens (tertiary/aromatic N) is 2. The second-order valence-corrected chi connectivity index (χ2v) is 11.3. The third-order valence-corrected chi connectivity index (χ3v) is 8.99. The van der Waals surface area contributed by atoms with Crippen molar-refractivity contribution in [2.24, 2.45) is 0 Å². The number of hydrogen-bond donors (Lipinski definition) is 1. The van der Waals surface area contributed by atoms with E-state index in [4.69, 9.17) is 0 Å². The van der Waals surface area contributed by atoms with E-state index in [-0.39, 0.29) is 27.2 Å². The molecule has 0 bridgehead atoms. The highest BCUT2D eigenvalue weighted by atomic mass is 32.2. The van der Waals surface area contributed by atoms with Crippen molar-refractivity contribution in [3.63, 3.8) is 0 Å². The highest BCUT2D eigenvalue weighted by molar-refractivity contribution is 7.92. The molecule has 3 rings (SSSR count). The summed E-state index contributed by atoms with van der Waals surface area (Å²) in [4.78, 5) is 10.2. The Morgan fingerprint density at radius 1 is 1.00 bits per heavy atom. The molecule has 2 aromatic rings. The van der Waals surface area contributed by atoms with Crippen molar-refractivity contribution in [3.05, 3.63) is 58.1 Å². The van der Waals surface area contributed by atoms with Crippen LogP contribution in [0.2, 0.25) is 0 Å². The Hall–Kier alpha value is -2.50. The molecule has 168 valence electrons. The van der Waals surface area contributed by atoms with Crippen LogP contribution in [0.5, 0.6) is 0 Å². The molecule has 0 unspecified atom stereocenters. The SMILES string of the molecule is Cc1ccc([N+](=O)[O-])cc1S(=O)(=O)Nc1ccc(S(=O)(=O)N(C)C2CCCCC2)cc1. The monoisotopic (exact) mass is 467 g/mol. The Morgan fingerprint density at radius 3 is 2.19 bits per heavy atom. The highest BCUT2D eigenvalue weighted by Gasteiger charge is 2.29. The first-order chi connectivity index (χ1) is 14.5. The van der Waals surface area contributed by atoms with Crippen LogP contribution in [0.1, 0.15) is 37.7 Å². The zero-order valence-corrected chi connectivity index (χ0v) is 18.9. The molecule has 0 aromatic heterocycles. The van der Waals surface area contributed by atoms with E-state index in [2.05, 4.69) is 4.72 Å². The number of hydrogen-bond acceptors (Lipinski definition) is 6. The summed E-state index contributed by atoms with van der Waals surface area (Å²) in [6, 6.07) is 9.00. The molecule has 0 aliphatic heterocycles. The van der Waals surface area contributed by atoms with Gasteiger partial charge in [-0.1, -0.05) is 25.3 Å². The lowest BCUT2D eigenvalue weighted by molar-refractivity contribution is -0.385. The van der Waals surface area contributed by atoms with E-state index in [0.29, 0.717) is 5.56 Å². The van der Waals surface area contributed by atoms with Crippen molar-refractivity contribution >= 4 is 31.4 Å². The molecule has 31 heavy (non-hydrogen) atoms. The number of sulfonamides is 2. The van der Waals surface area contributed by atoms with E-state index in [1.54, 1.807) is 7.05 Å². The Balaban J connectivity index is 1.82. The standard InChI is InChI=1S/C20H25N3O6S2/c1-15-8-11-18(23(24)25)14-20(15)30(26,27)21-16-9-12-19(13-10-16)31(28,29)22(2)17-6-4-3-5-7-17/h8-14,17,21H,3-7H2,1-2H3. The number of nitro groups is 1. The van der Waals surface area contributed by atoms with Crippen LogP contribution < -0.4 is 4.72 Å². The molecule has 0 atom stereocenters. The molecule has 2 aromatic carbocycles. The average molecular weight is 468 g/mol. The van der Waals surface area contributed by atoms with Crippen LogP contribution >= 0.6 is 0 Å². The second kappa shape index (κ2) is 8.93. The van der Waals surface area contributed by atoms with E-state index < -0.39 is 25.0 Å². The topological polar surface area (TPSA) is 127 Å². The Kier molecular flexibility index (Phi) is 6.68. The molecule has 0 amide bonds. The minimum Gasteiger partial charge on any atom is -0.280 e. The molecular formula is C20H25N3O6S2. The van der Waals surface area contributed by atoms with Crippen molar-refractivity contribution in [2.45, 2.75) is 54.9 Å². The van der Waals surface area contributed by atoms with Crippen molar-refractivity contribution in [1.29, 1.82) is 0 Å². The van der Waals surface area contributed by atoms with Gasteiger partial charge in [-0.2, -0.15) is 4.31 Å². The molecule has 1 aliphatic carbocycles. The molecule has 1 aliphatic rings. The number of aryl methyl sites for hydroxylation is 1. The van der Waals surface area contributed by atoms with Crippen LogP contribution in [0.3, 0.4) is 0 Å². The smallest absolute Gasteiger partial charge is 0.270 e. The summed E-state index contributed by atoms with van der Waals surface area (Å²) in [5.41, 5.74) is 0.176. The first kappa shape index (κ1) is 23.2. The van der Waals surface area contributed by atoms with Crippen LogP contribution in [-0.2, 0) is 20.0 Å². The molecule has 1 N–H and O–H groups in total. The van der Waals surface area contributed by atoms with Crippen LogP contribution in [-0.4, -0.2) is 39.2 Å². The molecule has 0 heterocycles. The number of nitrogens with one attached hydrogen (secondary N) is 1. The Bertz CT molecular complexity index is 1170. The summed E-state index contributed by atoms with van der Waals surface area (Å²) in [7, 11) is -6.21. The summed E-state index contributed by atoms with van der Waals surface area (Å²) in [5.74, 6) is 0. The molecule has 0 saturated heterocycles. The maximum Gasteiger partial charge on any atom is 0.270 e. The van der Waals surface area contributed by atoms with Crippen molar-refractivity contribution in [1.82, 2.24) is 4.31 Å². The van der Waals surface area contributed by atoms with E-state index in [1.807, 2.05) is 0 Å². The normalized spacial score (nSPS) is 15.7. The van der Waals surface area contributed by atoms with Crippen LogP contribution in [0.25, 0.3) is 0 Å². The van der Waals surface area contributed by atoms with Crippen molar-refractivity contribution < 1.29 is 21.8 Å². The fourth-order valence-corrected chi connectivity index (χ4v) is 6.44. The molecule has 1 fully saturated rings. The zero-order chi connectivity index (χ0) is 22.8. The first-order valence-electron chi connectivity index (χ1n) is 9.88. The fraction of sp³-hybridized carbons (Fsp3) is 0.400. The molecular weight excluding hydrogens is 442 g/mol. The summed E-state index contributed by atoms with van der Waals surface area (Å²) in [6.07, 6.45) is 4.78. The fourth-order valence-electron chi connectivity index (χ4n) is 3.70. The van der Waals surface area contributed by atoms with E-state index in [1.165, 1.54) is 47.6 Å². The summed E-state index contributed by atoms with van der Waals surface area (Å²) in [5, 5.41) is 11.0. The van der Waals surface area contributed by atoms with Gasteiger partial charge in [0.25, 0.3) is 15.7 Å². The maximum atomic E-state index is 12.9. The molecule has 9 nitrogen and oxygen atoms in total. The van der Waals surface area contributed by atoms with Crippen LogP contribution in [0, 0.1) is 17.0 Å². The number of benzene rings is 2. The quantitative estimate of drug-likeness (QED) is 0.489.